The highest BCUT2D eigenvalue weighted by Crippen LogP contribution is 2.26. The normalized spacial score (nSPS) is 14.3. The van der Waals surface area contributed by atoms with Gasteiger partial charge in [0.05, 0.1) is 14.2 Å². The standard InChI is InChI=1S/C20H25FN2O2.C2H2O4/c1-24-18-8-7-17(20(13-18)25-2)15-23-11-9-22(10-12-23)14-16-5-3-4-6-19(16)21;3-1(4)2(5)6/h3-8,13H,9-12,14-15H2,1-2H3;(H,3,4)(H,5,6). The fraction of sp³-hybridized carbons (Fsp3) is 0.364. The van der Waals surface area contributed by atoms with Gasteiger partial charge in [-0.2, -0.15) is 0 Å². The number of nitrogens with zero attached hydrogens (tertiary/aromatic N) is 2. The first-order chi connectivity index (χ1) is 14.8. The molecule has 0 aromatic heterocycles. The van der Waals surface area contributed by atoms with Gasteiger partial charge < -0.3 is 19.7 Å². The summed E-state index contributed by atoms with van der Waals surface area (Å²) in [6.45, 7) is 5.32. The average molecular weight is 434 g/mol. The van der Waals surface area contributed by atoms with E-state index in [9.17, 15) is 4.39 Å². The number of methoxy groups -OCH3 is 2. The van der Waals surface area contributed by atoms with Crippen molar-refractivity contribution >= 4 is 11.9 Å². The lowest BCUT2D eigenvalue weighted by molar-refractivity contribution is -0.159. The van der Waals surface area contributed by atoms with E-state index in [0.29, 0.717) is 6.54 Å². The molecule has 168 valence electrons. The van der Waals surface area contributed by atoms with E-state index >= 15 is 0 Å². The molecule has 1 saturated heterocycles. The van der Waals surface area contributed by atoms with Crippen LogP contribution in [-0.4, -0.2) is 72.4 Å². The zero-order chi connectivity index (χ0) is 22.8. The number of piperazine rings is 1. The molecule has 1 aliphatic heterocycles. The Morgan fingerprint density at radius 2 is 1.42 bits per heavy atom. The van der Waals surface area contributed by atoms with Crippen LogP contribution in [0.5, 0.6) is 11.5 Å². The quantitative estimate of drug-likeness (QED) is 0.669. The highest BCUT2D eigenvalue weighted by Gasteiger charge is 2.19. The van der Waals surface area contributed by atoms with Crippen LogP contribution < -0.4 is 9.47 Å². The fourth-order valence-electron chi connectivity index (χ4n) is 3.20. The van der Waals surface area contributed by atoms with Crippen molar-refractivity contribution in [3.8, 4) is 11.5 Å². The summed E-state index contributed by atoms with van der Waals surface area (Å²) in [6.07, 6.45) is 0. The highest BCUT2D eigenvalue weighted by atomic mass is 19.1. The van der Waals surface area contributed by atoms with E-state index < -0.39 is 11.9 Å². The van der Waals surface area contributed by atoms with Crippen LogP contribution in [0.1, 0.15) is 11.1 Å². The minimum atomic E-state index is -1.82. The van der Waals surface area contributed by atoms with Gasteiger partial charge in [-0.05, 0) is 12.1 Å². The maximum absolute atomic E-state index is 13.8. The number of halogens is 1. The maximum Gasteiger partial charge on any atom is 0.414 e. The molecular weight excluding hydrogens is 407 g/mol. The minimum absolute atomic E-state index is 0.118. The van der Waals surface area contributed by atoms with Crippen molar-refractivity contribution in [2.45, 2.75) is 13.1 Å². The van der Waals surface area contributed by atoms with Gasteiger partial charge in [0.1, 0.15) is 17.3 Å². The van der Waals surface area contributed by atoms with Crippen LogP contribution in [0.4, 0.5) is 4.39 Å². The first-order valence-corrected chi connectivity index (χ1v) is 9.69. The van der Waals surface area contributed by atoms with Crippen LogP contribution in [0, 0.1) is 5.82 Å². The van der Waals surface area contributed by atoms with Crippen molar-refractivity contribution in [2.75, 3.05) is 40.4 Å². The predicted octanol–water partition coefficient (Wildman–Crippen LogP) is 2.32. The van der Waals surface area contributed by atoms with Gasteiger partial charge in [0.25, 0.3) is 0 Å². The summed E-state index contributed by atoms with van der Waals surface area (Å²) < 4.78 is 24.5. The van der Waals surface area contributed by atoms with Crippen LogP contribution >= 0.6 is 0 Å². The van der Waals surface area contributed by atoms with Crippen molar-refractivity contribution in [1.82, 2.24) is 9.80 Å². The molecule has 1 fully saturated rings. The Hall–Kier alpha value is -3.17. The Balaban J connectivity index is 0.000000501. The van der Waals surface area contributed by atoms with Crippen molar-refractivity contribution < 1.29 is 33.7 Å². The van der Waals surface area contributed by atoms with Gasteiger partial charge in [-0.25, -0.2) is 14.0 Å². The molecule has 0 saturated carbocycles. The topological polar surface area (TPSA) is 99.5 Å². The van der Waals surface area contributed by atoms with Gasteiger partial charge in [0, 0.05) is 56.5 Å². The van der Waals surface area contributed by atoms with Gasteiger partial charge >= 0.3 is 11.9 Å². The van der Waals surface area contributed by atoms with E-state index in [1.807, 2.05) is 24.3 Å². The second-order valence-electron chi connectivity index (χ2n) is 6.93. The Labute approximate surface area is 180 Å². The van der Waals surface area contributed by atoms with Gasteiger partial charge in [0.15, 0.2) is 0 Å². The number of hydrogen-bond donors (Lipinski definition) is 2. The first kappa shape index (κ1) is 24.1. The SMILES string of the molecule is COc1ccc(CN2CCN(Cc3ccccc3F)CC2)c(OC)c1.O=C(O)C(=O)O. The van der Waals surface area contributed by atoms with Crippen molar-refractivity contribution in [3.63, 3.8) is 0 Å². The van der Waals surface area contributed by atoms with E-state index in [1.54, 1.807) is 20.3 Å². The van der Waals surface area contributed by atoms with Crippen LogP contribution in [0.2, 0.25) is 0 Å². The van der Waals surface area contributed by atoms with Crippen molar-refractivity contribution in [1.29, 1.82) is 0 Å². The Kier molecular flexibility index (Phi) is 9.23. The zero-order valence-electron chi connectivity index (χ0n) is 17.6. The Bertz CT molecular complexity index is 872. The average Bonchev–Trinajstić information content (AvgIpc) is 2.77. The fourth-order valence-corrected chi connectivity index (χ4v) is 3.20. The van der Waals surface area contributed by atoms with E-state index in [0.717, 1.165) is 55.3 Å². The zero-order valence-corrected chi connectivity index (χ0v) is 17.6. The second-order valence-corrected chi connectivity index (χ2v) is 6.93. The van der Waals surface area contributed by atoms with Crippen molar-refractivity contribution in [2.24, 2.45) is 0 Å². The summed E-state index contributed by atoms with van der Waals surface area (Å²) in [5, 5.41) is 14.8. The number of rotatable bonds is 6. The third-order valence-electron chi connectivity index (χ3n) is 4.89. The monoisotopic (exact) mass is 434 g/mol. The number of aliphatic carboxylic acids is 2. The molecule has 31 heavy (non-hydrogen) atoms. The number of hydrogen-bond acceptors (Lipinski definition) is 6. The van der Waals surface area contributed by atoms with Gasteiger partial charge in [-0.3, -0.25) is 9.80 Å². The summed E-state index contributed by atoms with van der Waals surface area (Å²) in [4.78, 5) is 22.9. The summed E-state index contributed by atoms with van der Waals surface area (Å²) in [6, 6.07) is 13.0. The van der Waals surface area contributed by atoms with Crippen LogP contribution in [0.3, 0.4) is 0 Å². The van der Waals surface area contributed by atoms with Gasteiger partial charge in [-0.15, -0.1) is 0 Å². The Morgan fingerprint density at radius 1 is 0.871 bits per heavy atom. The lowest BCUT2D eigenvalue weighted by atomic mass is 10.1. The Morgan fingerprint density at radius 3 is 1.90 bits per heavy atom. The summed E-state index contributed by atoms with van der Waals surface area (Å²) in [5.41, 5.74) is 1.93. The van der Waals surface area contributed by atoms with Crippen molar-refractivity contribution in [3.05, 3.63) is 59.4 Å². The molecule has 0 spiro atoms. The molecule has 9 heteroatoms. The van der Waals surface area contributed by atoms with E-state index in [-0.39, 0.29) is 5.82 Å². The molecule has 0 atom stereocenters. The number of carboxylic acid groups (broad SMARTS) is 2. The third kappa shape index (κ3) is 7.54. The molecule has 3 rings (SSSR count). The number of ether oxygens (including phenoxy) is 2. The van der Waals surface area contributed by atoms with E-state index in [2.05, 4.69) is 15.9 Å². The molecule has 2 N–H and O–H groups in total. The largest absolute Gasteiger partial charge is 0.497 e. The molecule has 2 aromatic carbocycles. The number of benzene rings is 2. The predicted molar refractivity (Wildman–Crippen MR) is 112 cm³/mol. The smallest absolute Gasteiger partial charge is 0.414 e. The third-order valence-corrected chi connectivity index (χ3v) is 4.89. The van der Waals surface area contributed by atoms with Crippen LogP contribution in [-0.2, 0) is 22.7 Å². The second kappa shape index (κ2) is 11.9. The molecule has 0 bridgehead atoms. The minimum Gasteiger partial charge on any atom is -0.497 e. The molecule has 8 nitrogen and oxygen atoms in total. The highest BCUT2D eigenvalue weighted by molar-refractivity contribution is 6.27. The lowest BCUT2D eigenvalue weighted by Crippen LogP contribution is -2.45. The molecule has 1 heterocycles. The van der Waals surface area contributed by atoms with E-state index in [4.69, 9.17) is 29.3 Å². The number of carbonyl (C=O) groups is 2. The molecular formula is C22H27FN2O6. The summed E-state index contributed by atoms with van der Waals surface area (Å²) >= 11 is 0. The first-order valence-electron chi connectivity index (χ1n) is 9.69. The molecule has 0 aliphatic carbocycles. The number of carboxylic acids is 2. The van der Waals surface area contributed by atoms with Gasteiger partial charge in [-0.1, -0.05) is 24.3 Å². The molecule has 2 aromatic rings. The summed E-state index contributed by atoms with van der Waals surface area (Å²) in [5.74, 6) is -2.11. The molecule has 0 radical (unpaired) electrons. The molecule has 1 aliphatic rings. The lowest BCUT2D eigenvalue weighted by Gasteiger charge is -2.35. The van der Waals surface area contributed by atoms with E-state index in [1.165, 1.54) is 6.07 Å². The maximum atomic E-state index is 13.8. The van der Waals surface area contributed by atoms with Crippen LogP contribution in [0.15, 0.2) is 42.5 Å². The molecule has 0 unspecified atom stereocenters. The van der Waals surface area contributed by atoms with Crippen LogP contribution in [0.25, 0.3) is 0 Å². The summed E-state index contributed by atoms with van der Waals surface area (Å²) in [7, 11) is 3.34. The molecule has 0 amide bonds. The van der Waals surface area contributed by atoms with Gasteiger partial charge in [0.2, 0.25) is 0 Å².